The van der Waals surface area contributed by atoms with E-state index >= 15 is 0 Å². The molecule has 1 aromatic carbocycles. The fourth-order valence-electron chi connectivity index (χ4n) is 4.44. The molecule has 6 heteroatoms. The van der Waals surface area contributed by atoms with Gasteiger partial charge in [0.15, 0.2) is 0 Å². The van der Waals surface area contributed by atoms with E-state index in [0.717, 1.165) is 30.9 Å². The summed E-state index contributed by atoms with van der Waals surface area (Å²) < 4.78 is 15.4. The lowest BCUT2D eigenvalue weighted by Crippen LogP contribution is -2.49. The Morgan fingerprint density at radius 3 is 2.57 bits per heavy atom. The standard InChI is InChI=1S/C22H21FN4O/c23-18-7-5-16(6-8-18)13-27-21-15-25(12-17-3-1-9-24-11-17)14-20(21)26-10-2-4-19(26)22(27)28/h1-11,20-21H,12-15H2/t20-,21-/m0/s1. The molecule has 0 aliphatic carbocycles. The predicted octanol–water partition coefficient (Wildman–Crippen LogP) is 3.10. The molecule has 28 heavy (non-hydrogen) atoms. The van der Waals surface area contributed by atoms with Gasteiger partial charge in [0.25, 0.3) is 5.91 Å². The summed E-state index contributed by atoms with van der Waals surface area (Å²) in [5, 5.41) is 0. The number of benzene rings is 1. The Balaban J connectivity index is 1.43. The molecule has 0 saturated carbocycles. The summed E-state index contributed by atoms with van der Waals surface area (Å²) in [6.07, 6.45) is 5.68. The maximum Gasteiger partial charge on any atom is 0.271 e. The maximum atomic E-state index is 13.3. The van der Waals surface area contributed by atoms with Gasteiger partial charge in [-0.25, -0.2) is 4.39 Å². The van der Waals surface area contributed by atoms with Crippen molar-refractivity contribution in [1.82, 2.24) is 19.4 Å². The van der Waals surface area contributed by atoms with Crippen molar-refractivity contribution in [1.29, 1.82) is 0 Å². The summed E-state index contributed by atoms with van der Waals surface area (Å²) in [6.45, 7) is 3.00. The second-order valence-electron chi connectivity index (χ2n) is 7.55. The van der Waals surface area contributed by atoms with Gasteiger partial charge in [0.1, 0.15) is 11.5 Å². The zero-order valence-corrected chi connectivity index (χ0v) is 15.4. The first-order valence-corrected chi connectivity index (χ1v) is 9.52. The van der Waals surface area contributed by atoms with E-state index in [1.165, 1.54) is 17.7 Å². The highest BCUT2D eigenvalue weighted by molar-refractivity contribution is 5.94. The second kappa shape index (κ2) is 6.87. The topological polar surface area (TPSA) is 41.4 Å². The number of likely N-dealkylation sites (tertiary alicyclic amines) is 1. The number of rotatable bonds is 4. The highest BCUT2D eigenvalue weighted by Crippen LogP contribution is 2.35. The molecule has 0 spiro atoms. The van der Waals surface area contributed by atoms with Gasteiger partial charge in [-0.15, -0.1) is 0 Å². The number of pyridine rings is 1. The van der Waals surface area contributed by atoms with Crippen LogP contribution in [0.2, 0.25) is 0 Å². The zero-order valence-electron chi connectivity index (χ0n) is 15.4. The molecule has 1 saturated heterocycles. The lowest BCUT2D eigenvalue weighted by atomic mass is 10.0. The van der Waals surface area contributed by atoms with Crippen LogP contribution in [0.4, 0.5) is 4.39 Å². The molecule has 1 amide bonds. The lowest BCUT2D eigenvalue weighted by molar-refractivity contribution is 0.0556. The van der Waals surface area contributed by atoms with E-state index in [2.05, 4.69) is 20.5 Å². The fraction of sp³-hybridized carbons (Fsp3) is 0.273. The molecular formula is C22H21FN4O. The number of carbonyl (C=O) groups is 1. The molecule has 3 aromatic rings. The molecule has 142 valence electrons. The van der Waals surface area contributed by atoms with Crippen LogP contribution in [0.25, 0.3) is 0 Å². The fourth-order valence-corrected chi connectivity index (χ4v) is 4.44. The third-order valence-electron chi connectivity index (χ3n) is 5.75. The number of hydrogen-bond acceptors (Lipinski definition) is 3. The SMILES string of the molecule is O=C1c2cccn2[C@H]2CN(Cc3cccnc3)C[C@@H]2N1Cc1ccc(F)cc1. The molecule has 5 rings (SSSR count). The second-order valence-corrected chi connectivity index (χ2v) is 7.55. The molecule has 0 N–H and O–H groups in total. The van der Waals surface area contributed by atoms with Gasteiger partial charge in [0.2, 0.25) is 0 Å². The molecular weight excluding hydrogens is 355 g/mol. The molecule has 0 radical (unpaired) electrons. The Bertz CT molecular complexity index is 985. The molecule has 2 aromatic heterocycles. The first-order chi connectivity index (χ1) is 13.7. The van der Waals surface area contributed by atoms with Crippen molar-refractivity contribution in [2.24, 2.45) is 0 Å². The lowest BCUT2D eigenvalue weighted by Gasteiger charge is -2.38. The van der Waals surface area contributed by atoms with Crippen LogP contribution in [0.1, 0.15) is 27.7 Å². The van der Waals surface area contributed by atoms with Crippen LogP contribution < -0.4 is 0 Å². The van der Waals surface area contributed by atoms with Crippen LogP contribution in [0.15, 0.2) is 67.1 Å². The molecule has 2 aliphatic rings. The molecule has 5 nitrogen and oxygen atoms in total. The summed E-state index contributed by atoms with van der Waals surface area (Å²) in [5.41, 5.74) is 2.84. The first-order valence-electron chi connectivity index (χ1n) is 9.52. The minimum absolute atomic E-state index is 0.0406. The van der Waals surface area contributed by atoms with Crippen molar-refractivity contribution in [2.45, 2.75) is 25.2 Å². The van der Waals surface area contributed by atoms with Crippen LogP contribution in [0.3, 0.4) is 0 Å². The Morgan fingerprint density at radius 1 is 0.964 bits per heavy atom. The van der Waals surface area contributed by atoms with Gasteiger partial charge in [-0.3, -0.25) is 14.7 Å². The van der Waals surface area contributed by atoms with Crippen molar-refractivity contribution in [2.75, 3.05) is 13.1 Å². The van der Waals surface area contributed by atoms with Crippen molar-refractivity contribution in [3.63, 3.8) is 0 Å². The monoisotopic (exact) mass is 376 g/mol. The molecule has 0 bridgehead atoms. The number of nitrogens with zero attached hydrogens (tertiary/aromatic N) is 4. The van der Waals surface area contributed by atoms with Crippen LogP contribution in [0.5, 0.6) is 0 Å². The van der Waals surface area contributed by atoms with E-state index in [9.17, 15) is 9.18 Å². The zero-order chi connectivity index (χ0) is 19.1. The van der Waals surface area contributed by atoms with Crippen LogP contribution in [-0.4, -0.2) is 44.4 Å². The Hall–Kier alpha value is -2.99. The Morgan fingerprint density at radius 2 is 1.79 bits per heavy atom. The minimum atomic E-state index is -0.260. The number of hydrogen-bond donors (Lipinski definition) is 0. The minimum Gasteiger partial charge on any atom is -0.337 e. The number of amides is 1. The predicted molar refractivity (Wildman–Crippen MR) is 103 cm³/mol. The number of halogens is 1. The first kappa shape index (κ1) is 17.1. The molecule has 2 atom stereocenters. The highest BCUT2D eigenvalue weighted by atomic mass is 19.1. The normalized spacial score (nSPS) is 21.6. The number of aromatic nitrogens is 2. The van der Waals surface area contributed by atoms with Crippen molar-refractivity contribution >= 4 is 5.91 Å². The average Bonchev–Trinajstić information content (AvgIpc) is 3.34. The summed E-state index contributed by atoms with van der Waals surface area (Å²) in [6, 6.07) is 14.6. The van der Waals surface area contributed by atoms with Gasteiger partial charge >= 0.3 is 0 Å². The maximum absolute atomic E-state index is 13.3. The molecule has 0 unspecified atom stereocenters. The van der Waals surface area contributed by atoms with Gasteiger partial charge in [-0.05, 0) is 41.5 Å². The van der Waals surface area contributed by atoms with Crippen molar-refractivity contribution < 1.29 is 9.18 Å². The Labute approximate surface area is 163 Å². The van der Waals surface area contributed by atoms with Crippen molar-refractivity contribution in [3.05, 3.63) is 89.8 Å². The highest BCUT2D eigenvalue weighted by Gasteiger charge is 2.44. The molecule has 4 heterocycles. The van der Waals surface area contributed by atoms with E-state index in [0.29, 0.717) is 6.54 Å². The number of carbonyl (C=O) groups excluding carboxylic acids is 1. The van der Waals surface area contributed by atoms with E-state index in [-0.39, 0.29) is 23.8 Å². The smallest absolute Gasteiger partial charge is 0.271 e. The van der Waals surface area contributed by atoms with Crippen LogP contribution in [-0.2, 0) is 13.1 Å². The van der Waals surface area contributed by atoms with Gasteiger partial charge in [-0.1, -0.05) is 18.2 Å². The van der Waals surface area contributed by atoms with Gasteiger partial charge in [-0.2, -0.15) is 0 Å². The van der Waals surface area contributed by atoms with E-state index in [1.54, 1.807) is 18.3 Å². The quantitative estimate of drug-likeness (QED) is 0.703. The van der Waals surface area contributed by atoms with E-state index in [1.807, 2.05) is 35.5 Å². The molecule has 1 fully saturated rings. The summed E-state index contributed by atoms with van der Waals surface area (Å²) in [7, 11) is 0. The van der Waals surface area contributed by atoms with Gasteiger partial charge < -0.3 is 9.47 Å². The number of fused-ring (bicyclic) bond motifs is 3. The third kappa shape index (κ3) is 2.99. The average molecular weight is 376 g/mol. The van der Waals surface area contributed by atoms with E-state index < -0.39 is 0 Å². The molecule has 2 aliphatic heterocycles. The van der Waals surface area contributed by atoms with E-state index in [4.69, 9.17) is 0 Å². The largest absolute Gasteiger partial charge is 0.337 e. The summed E-state index contributed by atoms with van der Waals surface area (Å²) in [5.74, 6) is -0.220. The van der Waals surface area contributed by atoms with Gasteiger partial charge in [0.05, 0.1) is 12.1 Å². The van der Waals surface area contributed by atoms with Gasteiger partial charge in [0, 0.05) is 44.8 Å². The Kier molecular flexibility index (Phi) is 4.20. The van der Waals surface area contributed by atoms with Crippen molar-refractivity contribution in [3.8, 4) is 0 Å². The third-order valence-corrected chi connectivity index (χ3v) is 5.75. The summed E-state index contributed by atoms with van der Waals surface area (Å²) in [4.78, 5) is 21.7. The summed E-state index contributed by atoms with van der Waals surface area (Å²) >= 11 is 0. The van der Waals surface area contributed by atoms with Crippen LogP contribution in [0, 0.1) is 5.82 Å². The van der Waals surface area contributed by atoms with Crippen LogP contribution >= 0.6 is 0 Å².